The fourth-order valence-electron chi connectivity index (χ4n) is 5.33. The molecule has 0 atom stereocenters. The molecule has 0 bridgehead atoms. The van der Waals surface area contributed by atoms with Crippen LogP contribution in [-0.2, 0) is 11.3 Å². The molecular formula is C29H32N4O2S. The number of nitrogens with zero attached hydrogens (tertiary/aromatic N) is 4. The first-order chi connectivity index (χ1) is 17.7. The zero-order valence-corrected chi connectivity index (χ0v) is 21.5. The third-order valence-electron chi connectivity index (χ3n) is 7.42. The Balaban J connectivity index is 1.07. The molecule has 0 spiro atoms. The predicted molar refractivity (Wildman–Crippen MR) is 149 cm³/mol. The van der Waals surface area contributed by atoms with E-state index in [2.05, 4.69) is 88.5 Å². The van der Waals surface area contributed by atoms with E-state index in [9.17, 15) is 4.79 Å². The molecule has 0 N–H and O–H groups in total. The molecule has 4 aromatic rings. The minimum absolute atomic E-state index is 0.218. The zero-order valence-electron chi connectivity index (χ0n) is 20.7. The van der Waals surface area contributed by atoms with Crippen molar-refractivity contribution in [2.75, 3.05) is 69.2 Å². The number of carbonyl (C=O) groups is 1. The minimum Gasteiger partial charge on any atom is -0.444 e. The minimum atomic E-state index is -0.218. The van der Waals surface area contributed by atoms with Crippen molar-refractivity contribution >= 4 is 49.7 Å². The van der Waals surface area contributed by atoms with Gasteiger partial charge in [0.1, 0.15) is 6.61 Å². The Morgan fingerprint density at radius 2 is 1.42 bits per heavy atom. The molecule has 36 heavy (non-hydrogen) atoms. The maximum Gasteiger partial charge on any atom is 0.410 e. The summed E-state index contributed by atoms with van der Waals surface area (Å²) in [6, 6.07) is 23.6. The molecule has 186 valence electrons. The number of fused-ring (bicyclic) bond motifs is 2. The van der Waals surface area contributed by atoms with Crippen molar-refractivity contribution < 1.29 is 9.53 Å². The number of thiophene rings is 1. The lowest BCUT2D eigenvalue weighted by Crippen LogP contribution is -2.49. The maximum absolute atomic E-state index is 12.9. The SMILES string of the molecule is CN1CCN(c2cccc3sc(COC(=O)N4CCN(c5cccc6ccccc56)CC4)cc23)CC1. The molecular weight excluding hydrogens is 468 g/mol. The number of ether oxygens (including phenoxy) is 1. The molecule has 2 aliphatic heterocycles. The second kappa shape index (κ2) is 9.99. The Morgan fingerprint density at radius 1 is 0.778 bits per heavy atom. The van der Waals surface area contributed by atoms with Gasteiger partial charge in [-0.1, -0.05) is 42.5 Å². The fraction of sp³-hybridized carbons (Fsp3) is 0.345. The first kappa shape index (κ1) is 23.1. The molecule has 2 aliphatic rings. The van der Waals surface area contributed by atoms with E-state index in [-0.39, 0.29) is 6.09 Å². The number of piperazine rings is 2. The van der Waals surface area contributed by atoms with E-state index >= 15 is 0 Å². The van der Waals surface area contributed by atoms with E-state index in [1.165, 1.54) is 32.2 Å². The van der Waals surface area contributed by atoms with Gasteiger partial charge < -0.3 is 24.3 Å². The van der Waals surface area contributed by atoms with Gasteiger partial charge in [-0.05, 0) is 36.7 Å². The normalized spacial score (nSPS) is 17.2. The number of hydrogen-bond acceptors (Lipinski definition) is 6. The van der Waals surface area contributed by atoms with Crippen LogP contribution < -0.4 is 9.80 Å². The van der Waals surface area contributed by atoms with Crippen LogP contribution >= 0.6 is 11.3 Å². The van der Waals surface area contributed by atoms with E-state index in [1.54, 1.807) is 11.3 Å². The fourth-order valence-corrected chi connectivity index (χ4v) is 6.33. The van der Waals surface area contributed by atoms with Crippen molar-refractivity contribution in [3.8, 4) is 0 Å². The second-order valence-corrected chi connectivity index (χ2v) is 10.9. The van der Waals surface area contributed by atoms with Crippen molar-refractivity contribution in [1.82, 2.24) is 9.80 Å². The first-order valence-electron chi connectivity index (χ1n) is 12.7. The van der Waals surface area contributed by atoms with Gasteiger partial charge in [0.05, 0.1) is 0 Å². The molecule has 6 nitrogen and oxygen atoms in total. The molecule has 1 amide bonds. The van der Waals surface area contributed by atoms with Gasteiger partial charge >= 0.3 is 6.09 Å². The molecule has 0 aliphatic carbocycles. The van der Waals surface area contributed by atoms with Gasteiger partial charge in [-0.25, -0.2) is 4.79 Å². The number of benzene rings is 3. The van der Waals surface area contributed by atoms with Crippen LogP contribution in [-0.4, -0.2) is 75.3 Å². The van der Waals surface area contributed by atoms with Crippen LogP contribution in [0.15, 0.2) is 66.7 Å². The van der Waals surface area contributed by atoms with Crippen LogP contribution in [0.25, 0.3) is 20.9 Å². The van der Waals surface area contributed by atoms with Gasteiger partial charge in [-0.3, -0.25) is 0 Å². The number of amides is 1. The van der Waals surface area contributed by atoms with Crippen molar-refractivity contribution in [2.45, 2.75) is 6.61 Å². The Hall–Kier alpha value is -3.29. The summed E-state index contributed by atoms with van der Waals surface area (Å²) in [6.45, 7) is 7.52. The summed E-state index contributed by atoms with van der Waals surface area (Å²) in [4.78, 5) is 23.0. The molecule has 3 aromatic carbocycles. The summed E-state index contributed by atoms with van der Waals surface area (Å²) in [5.74, 6) is 0. The number of anilines is 2. The van der Waals surface area contributed by atoms with Crippen LogP contribution in [0.2, 0.25) is 0 Å². The average Bonchev–Trinajstić information content (AvgIpc) is 3.35. The predicted octanol–water partition coefficient (Wildman–Crippen LogP) is 5.27. The van der Waals surface area contributed by atoms with Crippen molar-refractivity contribution in [3.05, 3.63) is 71.6 Å². The lowest BCUT2D eigenvalue weighted by Gasteiger charge is -2.36. The van der Waals surface area contributed by atoms with E-state index in [0.29, 0.717) is 19.7 Å². The van der Waals surface area contributed by atoms with Gasteiger partial charge in [0, 0.05) is 84.1 Å². The Kier molecular flexibility index (Phi) is 6.42. The highest BCUT2D eigenvalue weighted by Gasteiger charge is 2.24. The van der Waals surface area contributed by atoms with Gasteiger partial charge in [0.2, 0.25) is 0 Å². The summed E-state index contributed by atoms with van der Waals surface area (Å²) < 4.78 is 7.02. The standard InChI is InChI=1S/C29H32N4O2S/c1-30-12-14-31(15-13-30)27-10-5-11-28-25(27)20-23(36-28)21-35-29(34)33-18-16-32(17-19-33)26-9-4-7-22-6-2-3-8-24(22)26/h2-11,20H,12-19,21H2,1H3. The summed E-state index contributed by atoms with van der Waals surface area (Å²) in [5, 5.41) is 3.77. The van der Waals surface area contributed by atoms with Crippen LogP contribution in [0.3, 0.4) is 0 Å². The smallest absolute Gasteiger partial charge is 0.410 e. The second-order valence-electron chi connectivity index (χ2n) is 9.72. The monoisotopic (exact) mass is 500 g/mol. The first-order valence-corrected chi connectivity index (χ1v) is 13.6. The van der Waals surface area contributed by atoms with E-state index in [0.717, 1.165) is 44.1 Å². The molecule has 0 saturated carbocycles. The summed E-state index contributed by atoms with van der Waals surface area (Å²) >= 11 is 1.72. The molecule has 0 unspecified atom stereocenters. The third-order valence-corrected chi connectivity index (χ3v) is 8.49. The lowest BCUT2D eigenvalue weighted by atomic mass is 10.1. The van der Waals surface area contributed by atoms with E-state index in [1.807, 2.05) is 4.90 Å². The van der Waals surface area contributed by atoms with Gasteiger partial charge in [0.15, 0.2) is 0 Å². The lowest BCUT2D eigenvalue weighted by molar-refractivity contribution is 0.0951. The molecule has 7 heteroatoms. The summed E-state index contributed by atoms with van der Waals surface area (Å²) in [6.07, 6.45) is -0.218. The van der Waals surface area contributed by atoms with Crippen LogP contribution in [0.5, 0.6) is 0 Å². The number of hydrogen-bond donors (Lipinski definition) is 0. The quantitative estimate of drug-likeness (QED) is 0.382. The van der Waals surface area contributed by atoms with Crippen LogP contribution in [0, 0.1) is 0 Å². The third kappa shape index (κ3) is 4.61. The average molecular weight is 501 g/mol. The van der Waals surface area contributed by atoms with Gasteiger partial charge in [-0.2, -0.15) is 0 Å². The Morgan fingerprint density at radius 3 is 2.19 bits per heavy atom. The topological polar surface area (TPSA) is 39.3 Å². The van der Waals surface area contributed by atoms with Gasteiger partial charge in [0.25, 0.3) is 0 Å². The summed E-state index contributed by atoms with van der Waals surface area (Å²) in [5.41, 5.74) is 2.53. The van der Waals surface area contributed by atoms with E-state index < -0.39 is 0 Å². The molecule has 3 heterocycles. The highest BCUT2D eigenvalue weighted by atomic mass is 32.1. The van der Waals surface area contributed by atoms with Crippen LogP contribution in [0.1, 0.15) is 4.88 Å². The summed E-state index contributed by atoms with van der Waals surface area (Å²) in [7, 11) is 2.18. The number of likely N-dealkylation sites (N-methyl/N-ethyl adjacent to an activating group) is 1. The molecule has 1 aromatic heterocycles. The van der Waals surface area contributed by atoms with E-state index in [4.69, 9.17) is 4.74 Å². The Labute approximate surface area is 216 Å². The highest BCUT2D eigenvalue weighted by molar-refractivity contribution is 7.19. The molecule has 2 fully saturated rings. The molecule has 2 saturated heterocycles. The number of carbonyl (C=O) groups excluding carboxylic acids is 1. The largest absolute Gasteiger partial charge is 0.444 e. The Bertz CT molecular complexity index is 1360. The maximum atomic E-state index is 12.9. The molecule has 6 rings (SSSR count). The van der Waals surface area contributed by atoms with Crippen LogP contribution in [0.4, 0.5) is 16.2 Å². The molecule has 0 radical (unpaired) electrons. The zero-order chi connectivity index (χ0) is 24.5. The number of rotatable bonds is 4. The van der Waals surface area contributed by atoms with Crippen molar-refractivity contribution in [2.24, 2.45) is 0 Å². The van der Waals surface area contributed by atoms with Crippen molar-refractivity contribution in [3.63, 3.8) is 0 Å². The van der Waals surface area contributed by atoms with Crippen molar-refractivity contribution in [1.29, 1.82) is 0 Å². The van der Waals surface area contributed by atoms with Gasteiger partial charge in [-0.15, -0.1) is 11.3 Å². The highest BCUT2D eigenvalue weighted by Crippen LogP contribution is 2.34.